The summed E-state index contributed by atoms with van der Waals surface area (Å²) in [5, 5.41) is 10.8. The summed E-state index contributed by atoms with van der Waals surface area (Å²) in [7, 11) is 1.58. The molecule has 3 amide bonds. The third-order valence-corrected chi connectivity index (χ3v) is 9.64. The van der Waals surface area contributed by atoms with Crippen molar-refractivity contribution in [3.63, 3.8) is 0 Å². The molecule has 230 valence electrons. The Labute approximate surface area is 261 Å². The number of hydrogen-bond acceptors (Lipinski definition) is 6. The van der Waals surface area contributed by atoms with Crippen LogP contribution in [-0.4, -0.2) is 71.8 Å². The van der Waals surface area contributed by atoms with Crippen LogP contribution in [0.5, 0.6) is 5.75 Å². The monoisotopic (exact) mass is 605 g/mol. The number of rotatable bonds is 6. The zero-order valence-corrected chi connectivity index (χ0v) is 25.2. The van der Waals surface area contributed by atoms with Crippen LogP contribution >= 0.6 is 0 Å². The van der Waals surface area contributed by atoms with E-state index in [0.29, 0.717) is 29.2 Å². The van der Waals surface area contributed by atoms with Crippen LogP contribution in [0.3, 0.4) is 0 Å². The number of hydrogen-bond donors (Lipinski definition) is 1. The van der Waals surface area contributed by atoms with E-state index >= 15 is 0 Å². The molecule has 0 bridgehead atoms. The van der Waals surface area contributed by atoms with Gasteiger partial charge in [-0.3, -0.25) is 14.4 Å². The van der Waals surface area contributed by atoms with Gasteiger partial charge in [-0.2, -0.15) is 0 Å². The minimum Gasteiger partial charge on any atom is -0.497 e. The van der Waals surface area contributed by atoms with Crippen molar-refractivity contribution in [2.75, 3.05) is 36.6 Å². The van der Waals surface area contributed by atoms with Crippen LogP contribution in [0.15, 0.2) is 109 Å². The highest BCUT2D eigenvalue weighted by Gasteiger charge is 2.75. The molecular formula is C36H35N3O6. The quantitative estimate of drug-likeness (QED) is 0.428. The summed E-state index contributed by atoms with van der Waals surface area (Å²) in [5.41, 5.74) is -0.597. The molecule has 0 radical (unpaired) electrons. The van der Waals surface area contributed by atoms with Crippen molar-refractivity contribution < 1.29 is 29.0 Å². The van der Waals surface area contributed by atoms with Crippen LogP contribution in [-0.2, 0) is 19.1 Å². The molecule has 3 aromatic rings. The molecule has 3 aromatic carbocycles. The summed E-state index contributed by atoms with van der Waals surface area (Å²) in [6.45, 7) is 1.97. The minimum absolute atomic E-state index is 0.234. The number of carbonyl (C=O) groups is 3. The number of likely N-dealkylation sites (tertiary alicyclic amines) is 1. The molecular weight excluding hydrogens is 570 g/mol. The van der Waals surface area contributed by atoms with E-state index in [4.69, 9.17) is 9.47 Å². The number of anilines is 2. The fourth-order valence-electron chi connectivity index (χ4n) is 7.66. The third kappa shape index (κ3) is 4.41. The van der Waals surface area contributed by atoms with Gasteiger partial charge in [0.05, 0.1) is 37.2 Å². The number of ether oxygens (including phenoxy) is 2. The Kier molecular flexibility index (Phi) is 7.10. The van der Waals surface area contributed by atoms with Gasteiger partial charge >= 0.3 is 0 Å². The SMILES string of the molecule is COc1ccc(N2CC=C[C@]34O[C@@]5(C)C=CCN(c6ccccc6)C(=O)[C@H]5[C@H]3C(=O)N([C@H](CO)c3ccccc3)C4C2=O)cc1. The second-order valence-electron chi connectivity index (χ2n) is 12.1. The number of fused-ring (bicyclic) bond motifs is 2. The molecule has 0 saturated carbocycles. The Morgan fingerprint density at radius 2 is 1.40 bits per heavy atom. The highest BCUT2D eigenvalue weighted by atomic mass is 16.5. The number of benzene rings is 3. The van der Waals surface area contributed by atoms with E-state index < -0.39 is 47.6 Å². The maximum Gasteiger partial charge on any atom is 0.253 e. The van der Waals surface area contributed by atoms with Crippen LogP contribution in [0.1, 0.15) is 18.5 Å². The molecule has 9 heteroatoms. The molecule has 2 saturated heterocycles. The number of aliphatic hydroxyl groups is 1. The van der Waals surface area contributed by atoms with Crippen molar-refractivity contribution in [1.82, 2.24) is 4.90 Å². The van der Waals surface area contributed by atoms with Gasteiger partial charge in [0, 0.05) is 24.5 Å². The maximum atomic E-state index is 14.9. The summed E-state index contributed by atoms with van der Waals surface area (Å²) in [6.07, 6.45) is 7.42. The Bertz CT molecular complexity index is 1680. The van der Waals surface area contributed by atoms with Crippen molar-refractivity contribution in [1.29, 1.82) is 0 Å². The van der Waals surface area contributed by atoms with Gasteiger partial charge in [0.15, 0.2) is 0 Å². The summed E-state index contributed by atoms with van der Waals surface area (Å²) in [4.78, 5) is 49.1. The van der Waals surface area contributed by atoms with Gasteiger partial charge in [0.2, 0.25) is 11.8 Å². The summed E-state index contributed by atoms with van der Waals surface area (Å²) >= 11 is 0. The molecule has 6 atom stereocenters. The molecule has 45 heavy (non-hydrogen) atoms. The number of carbonyl (C=O) groups excluding carboxylic acids is 3. The summed E-state index contributed by atoms with van der Waals surface area (Å²) in [6, 6.07) is 23.7. The molecule has 2 fully saturated rings. The van der Waals surface area contributed by atoms with Gasteiger partial charge in [0.1, 0.15) is 17.4 Å². The zero-order valence-electron chi connectivity index (χ0n) is 25.2. The normalized spacial score (nSPS) is 29.6. The van der Waals surface area contributed by atoms with Crippen molar-refractivity contribution in [3.8, 4) is 5.75 Å². The predicted molar refractivity (Wildman–Crippen MR) is 169 cm³/mol. The topological polar surface area (TPSA) is 99.6 Å². The van der Waals surface area contributed by atoms with E-state index in [1.54, 1.807) is 41.2 Å². The van der Waals surface area contributed by atoms with Crippen LogP contribution in [0.25, 0.3) is 0 Å². The van der Waals surface area contributed by atoms with Gasteiger partial charge in [-0.1, -0.05) is 72.8 Å². The number of aliphatic hydroxyl groups excluding tert-OH is 1. The fraction of sp³-hybridized carbons (Fsp3) is 0.306. The van der Waals surface area contributed by atoms with Gasteiger partial charge in [-0.15, -0.1) is 0 Å². The fourth-order valence-corrected chi connectivity index (χ4v) is 7.66. The van der Waals surface area contributed by atoms with Crippen molar-refractivity contribution >= 4 is 29.1 Å². The molecule has 7 rings (SSSR count). The standard InChI is InChI=1S/C36H35N3O6/c1-35-19-9-21-37(25-13-7-4-8-14-25)32(41)29(35)30-33(42)39(28(23-40)24-11-5-3-6-12-24)31-34(43)38(22-10-20-36(30,31)45-35)26-15-17-27(44-2)18-16-26/h3-20,28-31,40H,21-23H2,1-2H3/t28-,29-,30+,31?,35+,36+/m1/s1. The van der Waals surface area contributed by atoms with Crippen LogP contribution in [0.2, 0.25) is 0 Å². The average Bonchev–Trinajstić information content (AvgIpc) is 3.33. The molecule has 4 aliphatic heterocycles. The Morgan fingerprint density at radius 1 is 0.800 bits per heavy atom. The predicted octanol–water partition coefficient (Wildman–Crippen LogP) is 3.91. The second-order valence-corrected chi connectivity index (χ2v) is 12.1. The van der Waals surface area contributed by atoms with E-state index in [9.17, 15) is 19.5 Å². The highest BCUT2D eigenvalue weighted by Crippen LogP contribution is 2.59. The van der Waals surface area contributed by atoms with E-state index in [-0.39, 0.29) is 18.4 Å². The smallest absolute Gasteiger partial charge is 0.253 e. The maximum absolute atomic E-state index is 14.9. The first-order valence-corrected chi connectivity index (χ1v) is 15.2. The van der Waals surface area contributed by atoms with Crippen molar-refractivity contribution in [3.05, 3.63) is 115 Å². The van der Waals surface area contributed by atoms with Crippen LogP contribution < -0.4 is 14.5 Å². The van der Waals surface area contributed by atoms with E-state index in [2.05, 4.69) is 0 Å². The lowest BCUT2D eigenvalue weighted by Crippen LogP contribution is -2.57. The van der Waals surface area contributed by atoms with Crippen LogP contribution in [0, 0.1) is 11.8 Å². The van der Waals surface area contributed by atoms with E-state index in [1.807, 2.05) is 91.9 Å². The van der Waals surface area contributed by atoms with E-state index in [0.717, 1.165) is 0 Å². The summed E-state index contributed by atoms with van der Waals surface area (Å²) < 4.78 is 12.3. The van der Waals surface area contributed by atoms with Crippen LogP contribution in [0.4, 0.5) is 11.4 Å². The largest absolute Gasteiger partial charge is 0.497 e. The number of nitrogens with zero attached hydrogens (tertiary/aromatic N) is 3. The zero-order chi connectivity index (χ0) is 31.3. The molecule has 1 spiro atoms. The first-order chi connectivity index (χ1) is 21.8. The summed E-state index contributed by atoms with van der Waals surface area (Å²) in [5.74, 6) is -2.29. The van der Waals surface area contributed by atoms with Gasteiger partial charge in [0.25, 0.3) is 5.91 Å². The minimum atomic E-state index is -1.46. The third-order valence-electron chi connectivity index (χ3n) is 9.64. The molecule has 4 aliphatic rings. The van der Waals surface area contributed by atoms with Crippen molar-refractivity contribution in [2.45, 2.75) is 30.2 Å². The number of amides is 3. The number of methoxy groups -OCH3 is 1. The highest BCUT2D eigenvalue weighted by molar-refractivity contribution is 6.07. The Hall–Kier alpha value is -4.73. The lowest BCUT2D eigenvalue weighted by atomic mass is 9.74. The van der Waals surface area contributed by atoms with Crippen molar-refractivity contribution in [2.24, 2.45) is 11.8 Å². The molecule has 1 unspecified atom stereocenters. The Balaban J connectivity index is 1.39. The first kappa shape index (κ1) is 29.0. The molecule has 0 aliphatic carbocycles. The molecule has 9 nitrogen and oxygen atoms in total. The number of para-hydroxylation sites is 1. The average molecular weight is 606 g/mol. The lowest BCUT2D eigenvalue weighted by molar-refractivity contribution is -0.148. The van der Waals surface area contributed by atoms with Gasteiger partial charge in [-0.05, 0) is 48.9 Å². The molecule has 0 aromatic heterocycles. The first-order valence-electron chi connectivity index (χ1n) is 15.2. The Morgan fingerprint density at radius 3 is 2.04 bits per heavy atom. The van der Waals surface area contributed by atoms with Gasteiger partial charge in [-0.25, -0.2) is 0 Å². The lowest BCUT2D eigenvalue weighted by Gasteiger charge is -2.40. The van der Waals surface area contributed by atoms with Gasteiger partial charge < -0.3 is 29.3 Å². The molecule has 4 heterocycles. The second kappa shape index (κ2) is 11.0. The molecule has 1 N–H and O–H groups in total. The van der Waals surface area contributed by atoms with E-state index in [1.165, 1.54) is 4.90 Å².